The summed E-state index contributed by atoms with van der Waals surface area (Å²) in [6.45, 7) is 8.67. The number of rotatable bonds is 7. The Balaban J connectivity index is 2.05. The average molecular weight is 275 g/mol. The van der Waals surface area contributed by atoms with E-state index in [2.05, 4.69) is 50.4 Å². The largest absolute Gasteiger partial charge is 0.374 e. The van der Waals surface area contributed by atoms with Gasteiger partial charge in [0, 0.05) is 12.6 Å². The van der Waals surface area contributed by atoms with Gasteiger partial charge in [-0.15, -0.1) is 0 Å². The van der Waals surface area contributed by atoms with Crippen molar-refractivity contribution >= 4 is 0 Å². The molecule has 1 heterocycles. The average Bonchev–Trinajstić information content (AvgIpc) is 2.92. The lowest BCUT2D eigenvalue weighted by atomic mass is 9.88. The van der Waals surface area contributed by atoms with Crippen LogP contribution in [-0.4, -0.2) is 24.8 Å². The first-order valence-electron chi connectivity index (χ1n) is 8.13. The van der Waals surface area contributed by atoms with E-state index >= 15 is 0 Å². The van der Waals surface area contributed by atoms with E-state index in [0.717, 1.165) is 26.0 Å². The van der Waals surface area contributed by atoms with Gasteiger partial charge in [-0.05, 0) is 56.7 Å². The van der Waals surface area contributed by atoms with Crippen LogP contribution in [0.25, 0.3) is 0 Å². The van der Waals surface area contributed by atoms with Crippen LogP contribution in [0.3, 0.4) is 0 Å². The molecular weight excluding hydrogens is 246 g/mol. The fourth-order valence-corrected chi connectivity index (χ4v) is 3.04. The molecule has 0 amide bonds. The smallest absolute Gasteiger partial charge is 0.0810 e. The molecule has 1 aromatic rings. The van der Waals surface area contributed by atoms with Gasteiger partial charge >= 0.3 is 0 Å². The maximum atomic E-state index is 6.05. The van der Waals surface area contributed by atoms with Crippen LogP contribution in [0.4, 0.5) is 0 Å². The van der Waals surface area contributed by atoms with Gasteiger partial charge in [-0.2, -0.15) is 0 Å². The Morgan fingerprint density at radius 3 is 2.45 bits per heavy atom. The summed E-state index contributed by atoms with van der Waals surface area (Å²) in [6, 6.07) is 9.47. The summed E-state index contributed by atoms with van der Waals surface area (Å²) in [4.78, 5) is 0. The Labute approximate surface area is 123 Å². The van der Waals surface area contributed by atoms with Crippen LogP contribution >= 0.6 is 0 Å². The predicted octanol–water partition coefficient (Wildman–Crippen LogP) is 3.73. The topological polar surface area (TPSA) is 21.3 Å². The summed E-state index contributed by atoms with van der Waals surface area (Å²) >= 11 is 0. The van der Waals surface area contributed by atoms with Gasteiger partial charge in [0.05, 0.1) is 5.60 Å². The minimum absolute atomic E-state index is 0.00139. The van der Waals surface area contributed by atoms with Crippen molar-refractivity contribution in [1.82, 2.24) is 5.32 Å². The van der Waals surface area contributed by atoms with Crippen molar-refractivity contribution in [1.29, 1.82) is 0 Å². The van der Waals surface area contributed by atoms with E-state index in [-0.39, 0.29) is 5.60 Å². The molecule has 1 fully saturated rings. The Hall–Kier alpha value is -0.860. The zero-order valence-electron chi connectivity index (χ0n) is 13.2. The van der Waals surface area contributed by atoms with Crippen molar-refractivity contribution in [3.8, 4) is 0 Å². The first kappa shape index (κ1) is 15.5. The first-order valence-corrected chi connectivity index (χ1v) is 8.13. The number of hydrogen-bond acceptors (Lipinski definition) is 2. The Morgan fingerprint density at radius 2 is 1.90 bits per heavy atom. The Morgan fingerprint density at radius 1 is 1.20 bits per heavy atom. The van der Waals surface area contributed by atoms with Crippen LogP contribution in [0, 0.1) is 0 Å². The molecule has 0 saturated carbocycles. The lowest BCUT2D eigenvalue weighted by Gasteiger charge is -2.34. The quantitative estimate of drug-likeness (QED) is 0.818. The Kier molecular flexibility index (Phi) is 5.62. The maximum absolute atomic E-state index is 6.05. The molecule has 2 unspecified atom stereocenters. The fraction of sp³-hybridized carbons (Fsp3) is 0.667. The number of aryl methyl sites for hydroxylation is 1. The summed E-state index contributed by atoms with van der Waals surface area (Å²) in [5.41, 5.74) is 2.82. The summed E-state index contributed by atoms with van der Waals surface area (Å²) < 4.78 is 6.05. The highest BCUT2D eigenvalue weighted by Gasteiger charge is 2.37. The van der Waals surface area contributed by atoms with E-state index < -0.39 is 0 Å². The van der Waals surface area contributed by atoms with E-state index in [1.807, 2.05) is 0 Å². The molecule has 112 valence electrons. The highest BCUT2D eigenvalue weighted by Crippen LogP contribution is 2.30. The van der Waals surface area contributed by atoms with Crippen LogP contribution in [0.5, 0.6) is 0 Å². The maximum Gasteiger partial charge on any atom is 0.0810 e. The minimum atomic E-state index is -0.00139. The second-order valence-corrected chi connectivity index (χ2v) is 6.15. The number of benzene rings is 1. The molecule has 1 N–H and O–H groups in total. The highest BCUT2D eigenvalue weighted by atomic mass is 16.5. The van der Waals surface area contributed by atoms with E-state index in [1.165, 1.54) is 30.4 Å². The predicted molar refractivity (Wildman–Crippen MR) is 85.2 cm³/mol. The molecule has 20 heavy (non-hydrogen) atoms. The molecule has 0 bridgehead atoms. The van der Waals surface area contributed by atoms with Crippen molar-refractivity contribution in [2.24, 2.45) is 0 Å². The second kappa shape index (κ2) is 7.24. The molecule has 0 aromatic heterocycles. The molecule has 2 heteroatoms. The molecule has 0 spiro atoms. The van der Waals surface area contributed by atoms with Gasteiger partial charge in [0.2, 0.25) is 0 Å². The van der Waals surface area contributed by atoms with Crippen LogP contribution in [-0.2, 0) is 17.6 Å². The van der Waals surface area contributed by atoms with Gasteiger partial charge < -0.3 is 10.1 Å². The normalized spacial score (nSPS) is 23.9. The molecule has 1 aliphatic rings. The third-order valence-corrected chi connectivity index (χ3v) is 4.50. The van der Waals surface area contributed by atoms with Gasteiger partial charge in [0.1, 0.15) is 0 Å². The number of ether oxygens (including phenoxy) is 1. The molecule has 1 aliphatic heterocycles. The molecule has 0 radical (unpaired) electrons. The van der Waals surface area contributed by atoms with Gasteiger partial charge in [-0.25, -0.2) is 0 Å². The zero-order valence-corrected chi connectivity index (χ0v) is 13.2. The molecule has 1 aromatic carbocycles. The molecular formula is C18H29NO. The van der Waals surface area contributed by atoms with Crippen LogP contribution in [0.2, 0.25) is 0 Å². The highest BCUT2D eigenvalue weighted by molar-refractivity contribution is 5.23. The van der Waals surface area contributed by atoms with Crippen LogP contribution in [0.1, 0.15) is 51.2 Å². The van der Waals surface area contributed by atoms with Gasteiger partial charge in [-0.3, -0.25) is 0 Å². The van der Waals surface area contributed by atoms with Crippen molar-refractivity contribution in [3.05, 3.63) is 35.4 Å². The minimum Gasteiger partial charge on any atom is -0.374 e. The summed E-state index contributed by atoms with van der Waals surface area (Å²) in [7, 11) is 0. The fourth-order valence-electron chi connectivity index (χ4n) is 3.04. The summed E-state index contributed by atoms with van der Waals surface area (Å²) in [5, 5.41) is 3.70. The molecule has 2 nitrogen and oxygen atoms in total. The van der Waals surface area contributed by atoms with Crippen LogP contribution < -0.4 is 5.32 Å². The third kappa shape index (κ3) is 3.83. The first-order chi connectivity index (χ1) is 9.68. The molecule has 2 rings (SSSR count). The molecule has 2 atom stereocenters. The zero-order chi connectivity index (χ0) is 14.4. The lowest BCUT2D eigenvalue weighted by molar-refractivity contribution is -0.0114. The van der Waals surface area contributed by atoms with Gasteiger partial charge in [-0.1, -0.05) is 38.1 Å². The second-order valence-electron chi connectivity index (χ2n) is 6.15. The Bertz CT molecular complexity index is 392. The van der Waals surface area contributed by atoms with E-state index in [1.54, 1.807) is 0 Å². The molecule has 1 saturated heterocycles. The standard InChI is InChI=1S/C18H29NO/c1-4-12-19-17(18(3)11-6-13-20-18)14-16-9-7-15(5-2)8-10-16/h7-10,17,19H,4-6,11-14H2,1-3H3. The van der Waals surface area contributed by atoms with Gasteiger partial charge in [0.15, 0.2) is 0 Å². The van der Waals surface area contributed by atoms with E-state index in [4.69, 9.17) is 4.74 Å². The van der Waals surface area contributed by atoms with Crippen molar-refractivity contribution in [2.75, 3.05) is 13.2 Å². The van der Waals surface area contributed by atoms with Crippen LogP contribution in [0.15, 0.2) is 24.3 Å². The summed E-state index contributed by atoms with van der Waals surface area (Å²) in [6.07, 6.45) is 5.69. The van der Waals surface area contributed by atoms with E-state index in [9.17, 15) is 0 Å². The third-order valence-electron chi connectivity index (χ3n) is 4.50. The van der Waals surface area contributed by atoms with Crippen molar-refractivity contribution in [2.45, 2.75) is 64.5 Å². The van der Waals surface area contributed by atoms with E-state index in [0.29, 0.717) is 6.04 Å². The van der Waals surface area contributed by atoms with Gasteiger partial charge in [0.25, 0.3) is 0 Å². The van der Waals surface area contributed by atoms with Crippen molar-refractivity contribution < 1.29 is 4.74 Å². The lowest BCUT2D eigenvalue weighted by Crippen LogP contribution is -2.50. The number of hydrogen-bond donors (Lipinski definition) is 1. The summed E-state index contributed by atoms with van der Waals surface area (Å²) in [5.74, 6) is 0. The SMILES string of the molecule is CCCNC(Cc1ccc(CC)cc1)C1(C)CCCO1. The monoisotopic (exact) mass is 275 g/mol. The van der Waals surface area contributed by atoms with Crippen molar-refractivity contribution in [3.63, 3.8) is 0 Å². The number of nitrogens with one attached hydrogen (secondary N) is 1. The molecule has 0 aliphatic carbocycles.